The average molecular weight is 217 g/mol. The van der Waals surface area contributed by atoms with Crippen LogP contribution in [0.15, 0.2) is 24.3 Å². The van der Waals surface area contributed by atoms with Crippen LogP contribution in [-0.2, 0) is 0 Å². The fourth-order valence-corrected chi connectivity index (χ4v) is 1.99. The molecule has 1 aliphatic carbocycles. The fourth-order valence-electron chi connectivity index (χ4n) is 1.99. The van der Waals surface area contributed by atoms with Crippen LogP contribution in [0.2, 0.25) is 0 Å². The van der Waals surface area contributed by atoms with Gasteiger partial charge in [0.25, 0.3) is 0 Å². The summed E-state index contributed by atoms with van der Waals surface area (Å²) >= 11 is 0. The van der Waals surface area contributed by atoms with Crippen LogP contribution in [0.1, 0.15) is 37.0 Å². The maximum Gasteiger partial charge on any atom is 0.150 e. The highest BCUT2D eigenvalue weighted by atomic mass is 16.1. The van der Waals surface area contributed by atoms with Gasteiger partial charge in [0.05, 0.1) is 0 Å². The average Bonchev–Trinajstić information content (AvgIpc) is 3.10. The van der Waals surface area contributed by atoms with Crippen molar-refractivity contribution in [2.75, 3.05) is 11.4 Å². The molecule has 16 heavy (non-hydrogen) atoms. The molecule has 86 valence electrons. The maximum absolute atomic E-state index is 10.6. The van der Waals surface area contributed by atoms with Crippen LogP contribution < -0.4 is 4.90 Å². The summed E-state index contributed by atoms with van der Waals surface area (Å²) in [6, 6.07) is 8.65. The highest BCUT2D eigenvalue weighted by Crippen LogP contribution is 2.32. The number of nitrogens with zero attached hydrogens (tertiary/aromatic N) is 1. The second-order valence-corrected chi connectivity index (χ2v) is 4.99. The summed E-state index contributed by atoms with van der Waals surface area (Å²) in [4.78, 5) is 13.1. The summed E-state index contributed by atoms with van der Waals surface area (Å²) in [5.41, 5.74) is 2.01. The Morgan fingerprint density at radius 3 is 2.38 bits per heavy atom. The summed E-state index contributed by atoms with van der Waals surface area (Å²) in [7, 11) is 0. The van der Waals surface area contributed by atoms with E-state index in [1.807, 2.05) is 12.1 Å². The molecule has 2 nitrogen and oxygen atoms in total. The minimum atomic E-state index is 0.673. The van der Waals surface area contributed by atoms with Crippen molar-refractivity contribution in [1.29, 1.82) is 0 Å². The first-order valence-electron chi connectivity index (χ1n) is 6.02. The van der Waals surface area contributed by atoms with E-state index in [2.05, 4.69) is 30.9 Å². The van der Waals surface area contributed by atoms with Gasteiger partial charge in [-0.2, -0.15) is 0 Å². The van der Waals surface area contributed by atoms with Gasteiger partial charge in [0, 0.05) is 23.8 Å². The van der Waals surface area contributed by atoms with E-state index in [0.717, 1.165) is 24.4 Å². The lowest BCUT2D eigenvalue weighted by Gasteiger charge is -2.26. The SMILES string of the molecule is CC(C)CN(c1ccc(C=O)cc1)C1CC1. The topological polar surface area (TPSA) is 20.3 Å². The second kappa shape index (κ2) is 4.69. The number of carbonyl (C=O) groups is 1. The molecule has 0 aromatic heterocycles. The van der Waals surface area contributed by atoms with Gasteiger partial charge in [-0.1, -0.05) is 13.8 Å². The van der Waals surface area contributed by atoms with Gasteiger partial charge >= 0.3 is 0 Å². The van der Waals surface area contributed by atoms with Crippen LogP contribution >= 0.6 is 0 Å². The van der Waals surface area contributed by atoms with E-state index in [-0.39, 0.29) is 0 Å². The highest BCUT2D eigenvalue weighted by molar-refractivity contribution is 5.75. The molecule has 0 amide bonds. The number of aldehydes is 1. The lowest BCUT2D eigenvalue weighted by atomic mass is 10.1. The van der Waals surface area contributed by atoms with E-state index in [1.54, 1.807) is 0 Å². The van der Waals surface area contributed by atoms with Crippen molar-refractivity contribution in [3.63, 3.8) is 0 Å². The number of anilines is 1. The third-order valence-electron chi connectivity index (χ3n) is 2.91. The first-order chi connectivity index (χ1) is 7.70. The molecule has 0 unspecified atom stereocenters. The van der Waals surface area contributed by atoms with Crippen LogP contribution in [0, 0.1) is 5.92 Å². The first kappa shape index (κ1) is 11.2. The van der Waals surface area contributed by atoms with Crippen molar-refractivity contribution in [2.24, 2.45) is 5.92 Å². The Morgan fingerprint density at radius 1 is 1.31 bits per heavy atom. The minimum Gasteiger partial charge on any atom is -0.368 e. The van der Waals surface area contributed by atoms with Gasteiger partial charge in [-0.05, 0) is 43.0 Å². The molecule has 1 aromatic carbocycles. The molecule has 2 rings (SSSR count). The fraction of sp³-hybridized carbons (Fsp3) is 0.500. The quantitative estimate of drug-likeness (QED) is 0.706. The molecular weight excluding hydrogens is 198 g/mol. The Morgan fingerprint density at radius 2 is 1.94 bits per heavy atom. The number of hydrogen-bond acceptors (Lipinski definition) is 2. The Kier molecular flexibility index (Phi) is 3.28. The smallest absolute Gasteiger partial charge is 0.150 e. The van der Waals surface area contributed by atoms with Crippen molar-refractivity contribution in [2.45, 2.75) is 32.7 Å². The lowest BCUT2D eigenvalue weighted by molar-refractivity contribution is 0.112. The number of benzene rings is 1. The third kappa shape index (κ3) is 2.63. The molecule has 1 aliphatic rings. The minimum absolute atomic E-state index is 0.673. The molecule has 2 heteroatoms. The van der Waals surface area contributed by atoms with Gasteiger partial charge in [0.2, 0.25) is 0 Å². The van der Waals surface area contributed by atoms with E-state index in [9.17, 15) is 4.79 Å². The second-order valence-electron chi connectivity index (χ2n) is 4.99. The molecule has 0 spiro atoms. The van der Waals surface area contributed by atoms with Gasteiger partial charge in [-0.3, -0.25) is 4.79 Å². The zero-order valence-electron chi connectivity index (χ0n) is 10.0. The Balaban J connectivity index is 2.14. The van der Waals surface area contributed by atoms with E-state index in [4.69, 9.17) is 0 Å². The molecular formula is C14H19NO. The van der Waals surface area contributed by atoms with Gasteiger partial charge in [0.15, 0.2) is 0 Å². The van der Waals surface area contributed by atoms with E-state index < -0.39 is 0 Å². The molecule has 1 saturated carbocycles. The number of hydrogen-bond donors (Lipinski definition) is 0. The van der Waals surface area contributed by atoms with Crippen molar-refractivity contribution >= 4 is 12.0 Å². The zero-order chi connectivity index (χ0) is 11.5. The third-order valence-corrected chi connectivity index (χ3v) is 2.91. The van der Waals surface area contributed by atoms with Crippen molar-refractivity contribution in [3.05, 3.63) is 29.8 Å². The largest absolute Gasteiger partial charge is 0.368 e. The molecule has 0 radical (unpaired) electrons. The summed E-state index contributed by atoms with van der Waals surface area (Å²) in [5, 5.41) is 0. The Hall–Kier alpha value is -1.31. The van der Waals surface area contributed by atoms with Crippen LogP contribution in [-0.4, -0.2) is 18.9 Å². The lowest BCUT2D eigenvalue weighted by Crippen LogP contribution is -2.29. The predicted octanol–water partition coefficient (Wildman–Crippen LogP) is 3.12. The van der Waals surface area contributed by atoms with Crippen molar-refractivity contribution in [1.82, 2.24) is 0 Å². The molecule has 0 bridgehead atoms. The Labute approximate surface area is 97.3 Å². The predicted molar refractivity (Wildman–Crippen MR) is 67.0 cm³/mol. The van der Waals surface area contributed by atoms with Crippen LogP contribution in [0.4, 0.5) is 5.69 Å². The van der Waals surface area contributed by atoms with Crippen molar-refractivity contribution in [3.8, 4) is 0 Å². The molecule has 0 aliphatic heterocycles. The first-order valence-corrected chi connectivity index (χ1v) is 6.02. The van der Waals surface area contributed by atoms with Crippen molar-refractivity contribution < 1.29 is 4.79 Å². The van der Waals surface area contributed by atoms with Crippen LogP contribution in [0.5, 0.6) is 0 Å². The zero-order valence-corrected chi connectivity index (χ0v) is 10.0. The molecule has 0 N–H and O–H groups in total. The van der Waals surface area contributed by atoms with Gasteiger partial charge < -0.3 is 4.90 Å². The summed E-state index contributed by atoms with van der Waals surface area (Å²) < 4.78 is 0. The van der Waals surface area contributed by atoms with E-state index >= 15 is 0 Å². The van der Waals surface area contributed by atoms with E-state index in [0.29, 0.717) is 5.92 Å². The molecule has 0 atom stereocenters. The van der Waals surface area contributed by atoms with Crippen LogP contribution in [0.25, 0.3) is 0 Å². The molecule has 1 aromatic rings. The molecule has 1 fully saturated rings. The van der Waals surface area contributed by atoms with Crippen LogP contribution in [0.3, 0.4) is 0 Å². The monoisotopic (exact) mass is 217 g/mol. The molecule has 0 saturated heterocycles. The standard InChI is InChI=1S/C14H19NO/c1-11(2)9-15(14-7-8-14)13-5-3-12(10-16)4-6-13/h3-6,10-11,14H,7-9H2,1-2H3. The summed E-state index contributed by atoms with van der Waals surface area (Å²) in [6.07, 6.45) is 3.51. The summed E-state index contributed by atoms with van der Waals surface area (Å²) in [6.45, 7) is 5.59. The van der Waals surface area contributed by atoms with Gasteiger partial charge in [-0.25, -0.2) is 0 Å². The number of carbonyl (C=O) groups excluding carboxylic acids is 1. The normalized spacial score (nSPS) is 15.2. The van der Waals surface area contributed by atoms with Gasteiger partial charge in [-0.15, -0.1) is 0 Å². The van der Waals surface area contributed by atoms with Gasteiger partial charge in [0.1, 0.15) is 6.29 Å². The Bertz CT molecular complexity index is 352. The van der Waals surface area contributed by atoms with E-state index in [1.165, 1.54) is 18.5 Å². The number of rotatable bonds is 5. The maximum atomic E-state index is 10.6. The summed E-state index contributed by atoms with van der Waals surface area (Å²) in [5.74, 6) is 0.673. The highest BCUT2D eigenvalue weighted by Gasteiger charge is 2.29. The molecule has 0 heterocycles.